The zero-order chi connectivity index (χ0) is 18.5. The second-order valence-electron chi connectivity index (χ2n) is 5.38. The van der Waals surface area contributed by atoms with E-state index in [9.17, 15) is 19.2 Å². The van der Waals surface area contributed by atoms with E-state index in [0.29, 0.717) is 12.8 Å². The molecule has 0 heterocycles. The highest BCUT2D eigenvalue weighted by Gasteiger charge is 2.16. The number of nitrogens with two attached hydrogens (primary N) is 1. The number of hydrogen-bond acceptors (Lipinski definition) is 5. The highest BCUT2D eigenvalue weighted by molar-refractivity contribution is 5.94. The first kappa shape index (κ1) is 21.7. The summed E-state index contributed by atoms with van der Waals surface area (Å²) in [6, 6.07) is -1.05. The Morgan fingerprint density at radius 1 is 1.17 bits per heavy atom. The zero-order valence-electron chi connectivity index (χ0n) is 14.2. The van der Waals surface area contributed by atoms with E-state index in [1.807, 2.05) is 6.92 Å². The van der Waals surface area contributed by atoms with E-state index in [1.54, 1.807) is 19.1 Å². The number of carbonyl (C=O) groups is 4. The largest absolute Gasteiger partial charge is 0.480 e. The molecule has 0 saturated heterocycles. The van der Waals surface area contributed by atoms with Gasteiger partial charge in [-0.1, -0.05) is 19.1 Å². The topological polar surface area (TPSA) is 127 Å². The maximum atomic E-state index is 12.0. The number of rotatable bonds is 12. The van der Waals surface area contributed by atoms with Crippen LogP contribution in [-0.2, 0) is 19.2 Å². The van der Waals surface area contributed by atoms with E-state index in [4.69, 9.17) is 10.8 Å². The van der Waals surface area contributed by atoms with Gasteiger partial charge in [0.05, 0.1) is 6.54 Å². The van der Waals surface area contributed by atoms with Crippen molar-refractivity contribution in [1.29, 1.82) is 0 Å². The summed E-state index contributed by atoms with van der Waals surface area (Å²) >= 11 is 0. The van der Waals surface area contributed by atoms with Gasteiger partial charge in [0, 0.05) is 12.3 Å². The first-order valence-corrected chi connectivity index (χ1v) is 7.92. The summed E-state index contributed by atoms with van der Waals surface area (Å²) in [5.41, 5.74) is 5.32. The number of carboxylic acids is 1. The average molecular weight is 338 g/mol. The van der Waals surface area contributed by atoms with Crippen LogP contribution in [0.4, 0.5) is 0 Å². The third-order valence-electron chi connectivity index (χ3n) is 3.40. The minimum absolute atomic E-state index is 0.0462. The van der Waals surface area contributed by atoms with Crippen molar-refractivity contribution in [3.8, 4) is 0 Å². The third kappa shape index (κ3) is 9.68. The van der Waals surface area contributed by atoms with Crippen molar-refractivity contribution in [2.45, 2.75) is 45.6 Å². The van der Waals surface area contributed by atoms with Crippen LogP contribution in [0.3, 0.4) is 0 Å². The lowest BCUT2D eigenvalue weighted by molar-refractivity contribution is -0.138. The summed E-state index contributed by atoms with van der Waals surface area (Å²) in [5.74, 6) is -2.11. The van der Waals surface area contributed by atoms with Crippen molar-refractivity contribution in [3.05, 3.63) is 24.3 Å². The highest BCUT2D eigenvalue weighted by atomic mass is 16.4. The van der Waals surface area contributed by atoms with Gasteiger partial charge in [-0.25, -0.2) is 0 Å². The van der Waals surface area contributed by atoms with Gasteiger partial charge in [0.15, 0.2) is 11.6 Å². The fourth-order valence-electron chi connectivity index (χ4n) is 1.89. The number of nitrogens with one attached hydrogen (secondary N) is 1. The van der Waals surface area contributed by atoms with E-state index in [1.165, 1.54) is 12.2 Å². The van der Waals surface area contributed by atoms with Crippen LogP contribution in [0.2, 0.25) is 0 Å². The molecule has 0 saturated carbocycles. The number of ketones is 2. The van der Waals surface area contributed by atoms with Crippen LogP contribution in [0.5, 0.6) is 0 Å². The van der Waals surface area contributed by atoms with Crippen LogP contribution >= 0.6 is 0 Å². The summed E-state index contributed by atoms with van der Waals surface area (Å²) < 4.78 is 0. The fraction of sp³-hybridized carbons (Fsp3) is 0.529. The van der Waals surface area contributed by atoms with Crippen LogP contribution < -0.4 is 11.1 Å². The molecule has 7 heteroatoms. The molecule has 0 aliphatic rings. The van der Waals surface area contributed by atoms with Crippen molar-refractivity contribution in [3.63, 3.8) is 0 Å². The molecule has 1 amide bonds. The summed E-state index contributed by atoms with van der Waals surface area (Å²) in [7, 11) is 0. The maximum absolute atomic E-state index is 12.0. The summed E-state index contributed by atoms with van der Waals surface area (Å²) in [5, 5.41) is 11.2. The van der Waals surface area contributed by atoms with Crippen molar-refractivity contribution < 1.29 is 24.3 Å². The lowest BCUT2D eigenvalue weighted by Crippen LogP contribution is -2.33. The molecule has 0 aromatic rings. The first-order chi connectivity index (χ1) is 11.3. The molecular formula is C17H26N2O5. The Kier molecular flexibility index (Phi) is 11.0. The molecule has 0 radical (unpaired) electrons. The number of amides is 1. The average Bonchev–Trinajstić information content (AvgIpc) is 2.54. The van der Waals surface area contributed by atoms with Gasteiger partial charge in [-0.2, -0.15) is 0 Å². The van der Waals surface area contributed by atoms with Crippen LogP contribution in [0.1, 0.15) is 39.5 Å². The van der Waals surface area contributed by atoms with Crippen molar-refractivity contribution >= 4 is 23.4 Å². The SMILES string of the molecule is C/C=C/C(=O)CNC(=O)C(CC)C/C=C/C(=O)CCC(N)C(=O)O. The Hall–Kier alpha value is -2.28. The molecule has 0 aliphatic heterocycles. The summed E-state index contributed by atoms with van der Waals surface area (Å²) in [6.45, 7) is 3.52. The molecular weight excluding hydrogens is 312 g/mol. The van der Waals surface area contributed by atoms with Crippen LogP contribution in [0, 0.1) is 5.92 Å². The number of carbonyl (C=O) groups excluding carboxylic acids is 3. The van der Waals surface area contributed by atoms with Gasteiger partial charge in [0.2, 0.25) is 5.91 Å². The normalized spacial score (nSPS) is 13.8. The molecule has 2 atom stereocenters. The quantitative estimate of drug-likeness (QED) is 0.455. The molecule has 24 heavy (non-hydrogen) atoms. The van der Waals surface area contributed by atoms with Crippen LogP contribution in [0.15, 0.2) is 24.3 Å². The minimum atomic E-state index is -1.14. The minimum Gasteiger partial charge on any atom is -0.480 e. The third-order valence-corrected chi connectivity index (χ3v) is 3.40. The van der Waals surface area contributed by atoms with E-state index in [2.05, 4.69) is 5.32 Å². The predicted octanol–water partition coefficient (Wildman–Crippen LogP) is 0.982. The maximum Gasteiger partial charge on any atom is 0.320 e. The van der Waals surface area contributed by atoms with Crippen molar-refractivity contribution in [1.82, 2.24) is 5.32 Å². The summed E-state index contributed by atoms with van der Waals surface area (Å²) in [4.78, 5) is 45.4. The van der Waals surface area contributed by atoms with Gasteiger partial charge in [-0.3, -0.25) is 19.2 Å². The fourth-order valence-corrected chi connectivity index (χ4v) is 1.89. The molecule has 7 nitrogen and oxygen atoms in total. The Balaban J connectivity index is 4.27. The summed E-state index contributed by atoms with van der Waals surface area (Å²) in [6.07, 6.45) is 7.00. The Bertz CT molecular complexity index is 511. The first-order valence-electron chi connectivity index (χ1n) is 7.92. The Labute approximate surface area is 142 Å². The second-order valence-corrected chi connectivity index (χ2v) is 5.38. The zero-order valence-corrected chi connectivity index (χ0v) is 14.2. The monoisotopic (exact) mass is 338 g/mol. The highest BCUT2D eigenvalue weighted by Crippen LogP contribution is 2.09. The van der Waals surface area contributed by atoms with Crippen LogP contribution in [0.25, 0.3) is 0 Å². The number of hydrogen-bond donors (Lipinski definition) is 3. The Morgan fingerprint density at radius 2 is 1.83 bits per heavy atom. The van der Waals surface area contributed by atoms with Gasteiger partial charge in [-0.15, -0.1) is 0 Å². The van der Waals surface area contributed by atoms with E-state index < -0.39 is 12.0 Å². The number of aliphatic carboxylic acids is 1. The molecule has 0 spiro atoms. The molecule has 0 rings (SSSR count). The molecule has 0 fully saturated rings. The smallest absolute Gasteiger partial charge is 0.320 e. The van der Waals surface area contributed by atoms with Gasteiger partial charge >= 0.3 is 5.97 Å². The lowest BCUT2D eigenvalue weighted by atomic mass is 10.0. The van der Waals surface area contributed by atoms with E-state index >= 15 is 0 Å². The van der Waals surface area contributed by atoms with Gasteiger partial charge in [0.1, 0.15) is 6.04 Å². The number of carboxylic acid groups (broad SMARTS) is 1. The molecule has 2 unspecified atom stereocenters. The van der Waals surface area contributed by atoms with Crippen molar-refractivity contribution in [2.24, 2.45) is 11.7 Å². The standard InChI is InChI=1S/C17H26N2O5/c1-3-6-14(21)11-19-16(22)12(4-2)7-5-8-13(20)9-10-15(18)17(23)24/h3,5-6,8,12,15H,4,7,9-11,18H2,1-2H3,(H,19,22)(H,23,24)/b6-3+,8-5+. The van der Waals surface area contributed by atoms with Gasteiger partial charge in [0.25, 0.3) is 0 Å². The molecule has 0 aromatic heterocycles. The van der Waals surface area contributed by atoms with Crippen molar-refractivity contribution in [2.75, 3.05) is 6.54 Å². The number of allylic oxidation sites excluding steroid dienone is 3. The lowest BCUT2D eigenvalue weighted by Gasteiger charge is -2.12. The van der Waals surface area contributed by atoms with Crippen LogP contribution in [-0.4, -0.2) is 41.1 Å². The van der Waals surface area contributed by atoms with Gasteiger partial charge < -0.3 is 16.2 Å². The predicted molar refractivity (Wildman–Crippen MR) is 90.2 cm³/mol. The van der Waals surface area contributed by atoms with E-state index in [-0.39, 0.29) is 42.8 Å². The second kappa shape index (κ2) is 12.2. The molecule has 0 bridgehead atoms. The molecule has 0 aromatic carbocycles. The molecule has 4 N–H and O–H groups in total. The molecule has 134 valence electrons. The van der Waals surface area contributed by atoms with E-state index in [0.717, 1.165) is 0 Å². The van der Waals surface area contributed by atoms with Gasteiger partial charge in [-0.05, 0) is 38.3 Å². The Morgan fingerprint density at radius 3 is 2.38 bits per heavy atom. The molecule has 0 aliphatic carbocycles.